The third-order valence-corrected chi connectivity index (χ3v) is 7.95. The predicted molar refractivity (Wildman–Crippen MR) is 76.8 cm³/mol. The number of para-hydroxylation sites is 1. The monoisotopic (exact) mass is 283 g/mol. The lowest BCUT2D eigenvalue weighted by atomic mass is 10.2. The van der Waals surface area contributed by atoms with Gasteiger partial charge in [0.25, 0.3) is 8.32 Å². The molecule has 0 amide bonds. The highest BCUT2D eigenvalue weighted by Gasteiger charge is 2.40. The lowest BCUT2D eigenvalue weighted by Crippen LogP contribution is -2.44. The minimum Gasteiger partial charge on any atom is -0.539 e. The zero-order chi connectivity index (χ0) is 14.8. The number of nitrogens with zero attached hydrogens (tertiary/aromatic N) is 1. The highest BCUT2D eigenvalue weighted by molar-refractivity contribution is 6.74. The molecule has 6 heteroatoms. The van der Waals surface area contributed by atoms with Gasteiger partial charge in [0.2, 0.25) is 0 Å². The minimum atomic E-state index is -2.14. The van der Waals surface area contributed by atoms with Crippen LogP contribution in [-0.2, 0) is 6.61 Å². The van der Waals surface area contributed by atoms with Gasteiger partial charge in [-0.05, 0) is 30.3 Å². The number of aliphatic hydroxyl groups excluding tert-OH is 1. The highest BCUT2D eigenvalue weighted by Crippen LogP contribution is 2.40. The number of nitro groups is 1. The maximum atomic E-state index is 11.2. The first-order valence-electron chi connectivity index (χ1n) is 6.16. The summed E-state index contributed by atoms with van der Waals surface area (Å²) in [6.07, 6.45) is 0. The molecule has 0 atom stereocenters. The smallest absolute Gasteiger partial charge is 0.315 e. The fraction of sp³-hybridized carbons (Fsp3) is 0.538. The summed E-state index contributed by atoms with van der Waals surface area (Å²) in [7, 11) is -2.14. The molecule has 0 fully saturated rings. The van der Waals surface area contributed by atoms with Gasteiger partial charge in [-0.2, -0.15) is 0 Å². The molecule has 0 aliphatic rings. The van der Waals surface area contributed by atoms with E-state index >= 15 is 0 Å². The van der Waals surface area contributed by atoms with Gasteiger partial charge in [-0.3, -0.25) is 10.1 Å². The molecule has 0 saturated carbocycles. The molecule has 0 heterocycles. The molecule has 0 spiro atoms. The maximum Gasteiger partial charge on any atom is 0.315 e. The van der Waals surface area contributed by atoms with Gasteiger partial charge in [-0.25, -0.2) is 0 Å². The SMILES string of the molecule is CC(C)(C)[Si](C)(C)Oc1cccc(CO)c1[N+](=O)[O-]. The molecular formula is C13H21NO4Si. The molecule has 0 aliphatic heterocycles. The predicted octanol–water partition coefficient (Wildman–Crippen LogP) is 3.47. The summed E-state index contributed by atoms with van der Waals surface area (Å²) in [5.41, 5.74) is 0.149. The Morgan fingerprint density at radius 3 is 2.37 bits per heavy atom. The Morgan fingerprint density at radius 2 is 1.95 bits per heavy atom. The average Bonchev–Trinajstić information content (AvgIpc) is 2.26. The fourth-order valence-electron chi connectivity index (χ4n) is 1.41. The van der Waals surface area contributed by atoms with Crippen LogP contribution >= 0.6 is 0 Å². The second kappa shape index (κ2) is 5.30. The lowest BCUT2D eigenvalue weighted by molar-refractivity contribution is -0.386. The number of nitro benzene ring substituents is 1. The average molecular weight is 283 g/mol. The second-order valence-electron chi connectivity index (χ2n) is 6.04. The number of hydrogen-bond donors (Lipinski definition) is 1. The van der Waals surface area contributed by atoms with Crippen LogP contribution in [0.5, 0.6) is 5.75 Å². The third-order valence-electron chi connectivity index (χ3n) is 3.61. The van der Waals surface area contributed by atoms with Crippen LogP contribution in [0.2, 0.25) is 18.1 Å². The van der Waals surface area contributed by atoms with Crippen LogP contribution < -0.4 is 4.43 Å². The topological polar surface area (TPSA) is 72.6 Å². The number of hydrogen-bond acceptors (Lipinski definition) is 4. The maximum absolute atomic E-state index is 11.2. The Hall–Kier alpha value is -1.40. The Morgan fingerprint density at radius 1 is 1.37 bits per heavy atom. The molecule has 1 rings (SSSR count). The Bertz CT molecular complexity index is 480. The van der Waals surface area contributed by atoms with E-state index in [9.17, 15) is 15.2 Å². The van der Waals surface area contributed by atoms with E-state index in [1.807, 2.05) is 13.1 Å². The summed E-state index contributed by atoms with van der Waals surface area (Å²) in [4.78, 5) is 10.7. The van der Waals surface area contributed by atoms with Gasteiger partial charge in [0.15, 0.2) is 5.75 Å². The van der Waals surface area contributed by atoms with Crippen molar-refractivity contribution in [2.45, 2.75) is 45.5 Å². The zero-order valence-corrected chi connectivity index (χ0v) is 13.1. The van der Waals surface area contributed by atoms with E-state index in [0.717, 1.165) is 0 Å². The quantitative estimate of drug-likeness (QED) is 0.521. The van der Waals surface area contributed by atoms with E-state index in [-0.39, 0.29) is 28.6 Å². The van der Waals surface area contributed by atoms with Crippen LogP contribution in [0.1, 0.15) is 26.3 Å². The third kappa shape index (κ3) is 3.33. The molecule has 106 valence electrons. The standard InChI is InChI=1S/C13H21NO4Si/c1-13(2,3)19(4,5)18-11-8-6-7-10(9-15)12(11)14(16)17/h6-8,15H,9H2,1-5H3. The van der Waals surface area contributed by atoms with E-state index in [4.69, 9.17) is 4.43 Å². The van der Waals surface area contributed by atoms with Crippen LogP contribution in [-0.4, -0.2) is 18.3 Å². The van der Waals surface area contributed by atoms with Crippen LogP contribution in [0.25, 0.3) is 0 Å². The van der Waals surface area contributed by atoms with Crippen LogP contribution in [0, 0.1) is 10.1 Å². The number of aliphatic hydroxyl groups is 1. The molecule has 0 saturated heterocycles. The first-order chi connectivity index (χ1) is 8.60. The Kier molecular flexibility index (Phi) is 4.37. The van der Waals surface area contributed by atoms with E-state index in [0.29, 0.717) is 0 Å². The molecular weight excluding hydrogens is 262 g/mol. The van der Waals surface area contributed by atoms with Gasteiger partial charge < -0.3 is 9.53 Å². The van der Waals surface area contributed by atoms with Crippen LogP contribution in [0.3, 0.4) is 0 Å². The summed E-state index contributed by atoms with van der Waals surface area (Å²) in [5, 5.41) is 20.3. The number of rotatable bonds is 4. The van der Waals surface area contributed by atoms with Crippen LogP contribution in [0.4, 0.5) is 5.69 Å². The molecule has 0 bridgehead atoms. The Balaban J connectivity index is 3.26. The fourth-order valence-corrected chi connectivity index (χ4v) is 2.43. The zero-order valence-electron chi connectivity index (χ0n) is 12.1. The van der Waals surface area contributed by atoms with Gasteiger partial charge in [0, 0.05) is 0 Å². The van der Waals surface area contributed by atoms with Gasteiger partial charge in [0.05, 0.1) is 17.1 Å². The molecule has 1 N–H and O–H groups in total. The molecule has 1 aromatic carbocycles. The van der Waals surface area contributed by atoms with Gasteiger partial charge >= 0.3 is 5.69 Å². The molecule has 19 heavy (non-hydrogen) atoms. The molecule has 0 radical (unpaired) electrons. The van der Waals surface area contributed by atoms with Crippen molar-refractivity contribution in [2.75, 3.05) is 0 Å². The Labute approximate surface area is 114 Å². The first kappa shape index (κ1) is 15.7. The largest absolute Gasteiger partial charge is 0.539 e. The summed E-state index contributed by atoms with van der Waals surface area (Å²) in [6.45, 7) is 9.90. The highest BCUT2D eigenvalue weighted by atomic mass is 28.4. The van der Waals surface area contributed by atoms with Crippen molar-refractivity contribution in [3.63, 3.8) is 0 Å². The lowest BCUT2D eigenvalue weighted by Gasteiger charge is -2.36. The van der Waals surface area contributed by atoms with E-state index in [2.05, 4.69) is 20.8 Å². The summed E-state index contributed by atoms with van der Waals surface area (Å²) >= 11 is 0. The molecule has 0 unspecified atom stereocenters. The van der Waals surface area contributed by atoms with Crippen molar-refractivity contribution in [2.24, 2.45) is 0 Å². The van der Waals surface area contributed by atoms with Gasteiger partial charge in [-0.15, -0.1) is 0 Å². The van der Waals surface area contributed by atoms with E-state index in [1.54, 1.807) is 12.1 Å². The van der Waals surface area contributed by atoms with Gasteiger partial charge in [0.1, 0.15) is 0 Å². The van der Waals surface area contributed by atoms with Gasteiger partial charge in [-0.1, -0.05) is 26.8 Å². The molecule has 1 aromatic rings. The molecule has 5 nitrogen and oxygen atoms in total. The van der Waals surface area contributed by atoms with Crippen molar-refractivity contribution in [3.8, 4) is 5.75 Å². The van der Waals surface area contributed by atoms with Crippen molar-refractivity contribution in [1.29, 1.82) is 0 Å². The molecule has 0 aromatic heterocycles. The number of benzene rings is 1. The summed E-state index contributed by atoms with van der Waals surface area (Å²) in [5.74, 6) is 0.253. The summed E-state index contributed by atoms with van der Waals surface area (Å²) < 4.78 is 5.99. The van der Waals surface area contributed by atoms with E-state index < -0.39 is 13.2 Å². The van der Waals surface area contributed by atoms with Crippen molar-refractivity contribution in [1.82, 2.24) is 0 Å². The van der Waals surface area contributed by atoms with Crippen molar-refractivity contribution < 1.29 is 14.5 Å². The minimum absolute atomic E-state index is 0.0455. The van der Waals surface area contributed by atoms with Crippen LogP contribution in [0.15, 0.2) is 18.2 Å². The van der Waals surface area contributed by atoms with E-state index in [1.165, 1.54) is 6.07 Å². The summed E-state index contributed by atoms with van der Waals surface area (Å²) in [6, 6.07) is 4.80. The van der Waals surface area contributed by atoms with Crippen molar-refractivity contribution >= 4 is 14.0 Å². The normalized spacial score (nSPS) is 12.3. The first-order valence-corrected chi connectivity index (χ1v) is 9.07. The second-order valence-corrected chi connectivity index (χ2v) is 10.8. The molecule has 0 aliphatic carbocycles. The van der Waals surface area contributed by atoms with Crippen molar-refractivity contribution in [3.05, 3.63) is 33.9 Å².